The molecular formula is C10H22N2O. The molecule has 0 spiro atoms. The minimum absolute atomic E-state index is 0.171. The Bertz CT molecular complexity index is 126. The van der Waals surface area contributed by atoms with Gasteiger partial charge in [-0.05, 0) is 19.4 Å². The molecule has 0 aliphatic heterocycles. The van der Waals surface area contributed by atoms with Gasteiger partial charge in [0.15, 0.2) is 0 Å². The van der Waals surface area contributed by atoms with Crippen molar-refractivity contribution in [3.8, 4) is 0 Å². The van der Waals surface area contributed by atoms with E-state index >= 15 is 0 Å². The summed E-state index contributed by atoms with van der Waals surface area (Å²) in [6.07, 6.45) is 6.18. The second-order valence-electron chi connectivity index (χ2n) is 3.30. The minimum Gasteiger partial charge on any atom is -0.356 e. The zero-order valence-electron chi connectivity index (χ0n) is 8.64. The van der Waals surface area contributed by atoms with Crippen LogP contribution in [0.1, 0.15) is 45.4 Å². The van der Waals surface area contributed by atoms with Crippen LogP contribution in [0.25, 0.3) is 0 Å². The fourth-order valence-electron chi connectivity index (χ4n) is 1.13. The first-order valence-corrected chi connectivity index (χ1v) is 5.28. The summed E-state index contributed by atoms with van der Waals surface area (Å²) < 4.78 is 0. The highest BCUT2D eigenvalue weighted by molar-refractivity contribution is 5.75. The van der Waals surface area contributed by atoms with Crippen LogP contribution in [-0.4, -0.2) is 19.0 Å². The molecule has 1 amide bonds. The van der Waals surface area contributed by atoms with E-state index in [1.807, 2.05) is 0 Å². The SMILES string of the molecule is CCCCCCC(=O)NCCCN. The van der Waals surface area contributed by atoms with E-state index in [2.05, 4.69) is 12.2 Å². The van der Waals surface area contributed by atoms with Gasteiger partial charge in [-0.15, -0.1) is 0 Å². The van der Waals surface area contributed by atoms with E-state index in [9.17, 15) is 4.79 Å². The fourth-order valence-corrected chi connectivity index (χ4v) is 1.13. The van der Waals surface area contributed by atoms with E-state index in [0.717, 1.165) is 19.4 Å². The van der Waals surface area contributed by atoms with Crippen molar-refractivity contribution in [3.05, 3.63) is 0 Å². The molecule has 78 valence electrons. The number of carbonyl (C=O) groups is 1. The Morgan fingerprint density at radius 1 is 1.23 bits per heavy atom. The first-order valence-electron chi connectivity index (χ1n) is 5.28. The third kappa shape index (κ3) is 9.34. The van der Waals surface area contributed by atoms with Crippen molar-refractivity contribution >= 4 is 5.91 Å². The Hall–Kier alpha value is -0.570. The average molecular weight is 186 g/mol. The van der Waals surface area contributed by atoms with E-state index in [-0.39, 0.29) is 5.91 Å². The van der Waals surface area contributed by atoms with Crippen molar-refractivity contribution in [2.75, 3.05) is 13.1 Å². The lowest BCUT2D eigenvalue weighted by Gasteiger charge is -2.03. The molecule has 0 bridgehead atoms. The van der Waals surface area contributed by atoms with Crippen LogP contribution in [0.2, 0.25) is 0 Å². The van der Waals surface area contributed by atoms with Crippen molar-refractivity contribution in [2.24, 2.45) is 5.73 Å². The first-order chi connectivity index (χ1) is 6.31. The van der Waals surface area contributed by atoms with Gasteiger partial charge in [-0.3, -0.25) is 4.79 Å². The van der Waals surface area contributed by atoms with Gasteiger partial charge in [0.05, 0.1) is 0 Å². The standard InChI is InChI=1S/C10H22N2O/c1-2-3-4-5-7-10(13)12-9-6-8-11/h2-9,11H2,1H3,(H,12,13). The van der Waals surface area contributed by atoms with Crippen LogP contribution in [0.15, 0.2) is 0 Å². The van der Waals surface area contributed by atoms with Crippen molar-refractivity contribution < 1.29 is 4.79 Å². The average Bonchev–Trinajstić information content (AvgIpc) is 2.13. The molecule has 0 unspecified atom stereocenters. The summed E-state index contributed by atoms with van der Waals surface area (Å²) in [6.45, 7) is 3.54. The van der Waals surface area contributed by atoms with Crippen LogP contribution in [0.4, 0.5) is 0 Å². The molecule has 0 heterocycles. The highest BCUT2D eigenvalue weighted by Gasteiger charge is 1.98. The summed E-state index contributed by atoms with van der Waals surface area (Å²) >= 11 is 0. The molecular weight excluding hydrogens is 164 g/mol. The Morgan fingerprint density at radius 2 is 2.00 bits per heavy atom. The Morgan fingerprint density at radius 3 is 2.62 bits per heavy atom. The summed E-state index contributed by atoms with van der Waals surface area (Å²) in [7, 11) is 0. The number of hydrogen-bond donors (Lipinski definition) is 2. The summed E-state index contributed by atoms with van der Waals surface area (Å²) in [5.74, 6) is 0.171. The number of hydrogen-bond acceptors (Lipinski definition) is 2. The Kier molecular flexibility index (Phi) is 9.10. The molecule has 0 atom stereocenters. The van der Waals surface area contributed by atoms with Crippen molar-refractivity contribution in [2.45, 2.75) is 45.4 Å². The third-order valence-electron chi connectivity index (χ3n) is 1.96. The van der Waals surface area contributed by atoms with E-state index < -0.39 is 0 Å². The van der Waals surface area contributed by atoms with Gasteiger partial charge in [0.2, 0.25) is 5.91 Å². The predicted octanol–water partition coefficient (Wildman–Crippen LogP) is 1.42. The van der Waals surface area contributed by atoms with Crippen LogP contribution in [-0.2, 0) is 4.79 Å². The Labute approximate surface area is 81.1 Å². The molecule has 0 aliphatic carbocycles. The molecule has 0 saturated heterocycles. The van der Waals surface area contributed by atoms with E-state index in [1.165, 1.54) is 19.3 Å². The third-order valence-corrected chi connectivity index (χ3v) is 1.96. The molecule has 0 rings (SSSR count). The highest BCUT2D eigenvalue weighted by Crippen LogP contribution is 2.01. The number of nitrogens with two attached hydrogens (primary N) is 1. The summed E-state index contributed by atoms with van der Waals surface area (Å²) in [4.78, 5) is 11.1. The van der Waals surface area contributed by atoms with Crippen molar-refractivity contribution in [3.63, 3.8) is 0 Å². The topological polar surface area (TPSA) is 55.1 Å². The molecule has 0 radical (unpaired) electrons. The summed E-state index contributed by atoms with van der Waals surface area (Å²) in [6, 6.07) is 0. The van der Waals surface area contributed by atoms with Crippen LogP contribution in [0.3, 0.4) is 0 Å². The number of amides is 1. The maximum atomic E-state index is 11.1. The molecule has 13 heavy (non-hydrogen) atoms. The van der Waals surface area contributed by atoms with Crippen molar-refractivity contribution in [1.82, 2.24) is 5.32 Å². The molecule has 0 fully saturated rings. The predicted molar refractivity (Wildman–Crippen MR) is 55.4 cm³/mol. The van der Waals surface area contributed by atoms with Gasteiger partial charge in [-0.25, -0.2) is 0 Å². The summed E-state index contributed by atoms with van der Waals surface area (Å²) in [5, 5.41) is 2.84. The van der Waals surface area contributed by atoms with Gasteiger partial charge < -0.3 is 11.1 Å². The van der Waals surface area contributed by atoms with E-state index in [4.69, 9.17) is 5.73 Å². The smallest absolute Gasteiger partial charge is 0.219 e. The quantitative estimate of drug-likeness (QED) is 0.563. The van der Waals surface area contributed by atoms with Crippen LogP contribution < -0.4 is 11.1 Å². The maximum Gasteiger partial charge on any atom is 0.219 e. The van der Waals surface area contributed by atoms with Crippen LogP contribution in [0, 0.1) is 0 Å². The molecule has 0 aliphatic rings. The summed E-state index contributed by atoms with van der Waals surface area (Å²) in [5.41, 5.74) is 5.30. The van der Waals surface area contributed by atoms with Gasteiger partial charge in [0.1, 0.15) is 0 Å². The zero-order valence-corrected chi connectivity index (χ0v) is 8.64. The zero-order chi connectivity index (χ0) is 9.94. The molecule has 3 heteroatoms. The van der Waals surface area contributed by atoms with Gasteiger partial charge in [0.25, 0.3) is 0 Å². The monoisotopic (exact) mass is 186 g/mol. The molecule has 0 aromatic heterocycles. The molecule has 0 aromatic rings. The lowest BCUT2D eigenvalue weighted by Crippen LogP contribution is -2.25. The second-order valence-corrected chi connectivity index (χ2v) is 3.30. The van der Waals surface area contributed by atoms with Gasteiger partial charge >= 0.3 is 0 Å². The van der Waals surface area contributed by atoms with Gasteiger partial charge in [0, 0.05) is 13.0 Å². The minimum atomic E-state index is 0.171. The lowest BCUT2D eigenvalue weighted by atomic mass is 10.1. The highest BCUT2D eigenvalue weighted by atomic mass is 16.1. The first kappa shape index (κ1) is 12.4. The van der Waals surface area contributed by atoms with Crippen LogP contribution in [0.5, 0.6) is 0 Å². The number of carbonyl (C=O) groups excluding carboxylic acids is 1. The fraction of sp³-hybridized carbons (Fsp3) is 0.900. The lowest BCUT2D eigenvalue weighted by molar-refractivity contribution is -0.121. The number of nitrogens with one attached hydrogen (secondary N) is 1. The normalized spacial score (nSPS) is 10.0. The molecule has 0 saturated carbocycles. The largest absolute Gasteiger partial charge is 0.356 e. The van der Waals surface area contributed by atoms with Crippen molar-refractivity contribution in [1.29, 1.82) is 0 Å². The molecule has 3 N–H and O–H groups in total. The van der Waals surface area contributed by atoms with Gasteiger partial charge in [-0.1, -0.05) is 26.2 Å². The molecule has 3 nitrogen and oxygen atoms in total. The van der Waals surface area contributed by atoms with Crippen LogP contribution >= 0.6 is 0 Å². The number of unbranched alkanes of at least 4 members (excludes halogenated alkanes) is 3. The Balaban J connectivity index is 3.11. The number of rotatable bonds is 8. The van der Waals surface area contributed by atoms with E-state index in [0.29, 0.717) is 13.0 Å². The second kappa shape index (κ2) is 9.52. The van der Waals surface area contributed by atoms with Gasteiger partial charge in [-0.2, -0.15) is 0 Å². The molecule has 0 aromatic carbocycles. The van der Waals surface area contributed by atoms with E-state index in [1.54, 1.807) is 0 Å². The maximum absolute atomic E-state index is 11.1.